The average molecular weight is 326 g/mol. The molecular formula is C16H18N6O2. The molecule has 0 bridgehead atoms. The van der Waals surface area contributed by atoms with Crippen LogP contribution >= 0.6 is 0 Å². The van der Waals surface area contributed by atoms with E-state index in [9.17, 15) is 4.79 Å². The molecule has 0 atom stereocenters. The summed E-state index contributed by atoms with van der Waals surface area (Å²) in [7, 11) is 3.43. The number of anilines is 1. The van der Waals surface area contributed by atoms with Gasteiger partial charge in [0.05, 0.1) is 18.5 Å². The number of ether oxygens (including phenoxy) is 1. The van der Waals surface area contributed by atoms with Crippen molar-refractivity contribution in [1.82, 2.24) is 24.5 Å². The summed E-state index contributed by atoms with van der Waals surface area (Å²) in [5.41, 5.74) is 2.46. The van der Waals surface area contributed by atoms with Crippen molar-refractivity contribution in [3.05, 3.63) is 48.8 Å². The largest absolute Gasteiger partial charge is 0.495 e. The van der Waals surface area contributed by atoms with Crippen LogP contribution in [0.2, 0.25) is 0 Å². The van der Waals surface area contributed by atoms with Crippen LogP contribution in [0.25, 0.3) is 5.69 Å². The normalized spacial score (nSPS) is 10.6. The fraction of sp³-hybridized carbons (Fsp3) is 0.250. The molecule has 1 aromatic carbocycles. The van der Waals surface area contributed by atoms with Crippen LogP contribution in [-0.2, 0) is 18.3 Å². The minimum Gasteiger partial charge on any atom is -0.495 e. The van der Waals surface area contributed by atoms with E-state index in [1.807, 2.05) is 25.2 Å². The number of carbonyl (C=O) groups is 1. The van der Waals surface area contributed by atoms with Gasteiger partial charge in [-0.3, -0.25) is 14.0 Å². The van der Waals surface area contributed by atoms with Crippen LogP contribution in [0, 0.1) is 0 Å². The molecule has 8 nitrogen and oxygen atoms in total. The monoisotopic (exact) mass is 326 g/mol. The second-order valence-electron chi connectivity index (χ2n) is 5.25. The molecule has 0 saturated heterocycles. The Kier molecular flexibility index (Phi) is 4.55. The Bertz CT molecular complexity index is 825. The highest BCUT2D eigenvalue weighted by atomic mass is 16.5. The zero-order valence-electron chi connectivity index (χ0n) is 13.5. The van der Waals surface area contributed by atoms with Crippen LogP contribution in [-0.4, -0.2) is 37.6 Å². The lowest BCUT2D eigenvalue weighted by Crippen LogP contribution is -2.14. The number of aromatic nitrogens is 5. The lowest BCUT2D eigenvalue weighted by Gasteiger charge is -2.12. The van der Waals surface area contributed by atoms with Gasteiger partial charge < -0.3 is 10.1 Å². The first kappa shape index (κ1) is 15.7. The van der Waals surface area contributed by atoms with E-state index in [4.69, 9.17) is 4.74 Å². The van der Waals surface area contributed by atoms with Gasteiger partial charge in [-0.2, -0.15) is 5.10 Å². The summed E-state index contributed by atoms with van der Waals surface area (Å²) in [5, 5.41) is 14.6. The Morgan fingerprint density at radius 1 is 1.25 bits per heavy atom. The van der Waals surface area contributed by atoms with E-state index in [1.165, 1.54) is 0 Å². The Labute approximate surface area is 139 Å². The zero-order valence-corrected chi connectivity index (χ0v) is 13.5. The molecule has 0 saturated carbocycles. The third-order valence-corrected chi connectivity index (χ3v) is 3.70. The Morgan fingerprint density at radius 2 is 2.04 bits per heavy atom. The molecule has 0 radical (unpaired) electrons. The molecule has 1 N–H and O–H groups in total. The minimum absolute atomic E-state index is 0.0876. The van der Waals surface area contributed by atoms with Gasteiger partial charge >= 0.3 is 0 Å². The van der Waals surface area contributed by atoms with Crippen molar-refractivity contribution in [3.8, 4) is 11.4 Å². The van der Waals surface area contributed by atoms with E-state index in [0.29, 0.717) is 24.3 Å². The highest BCUT2D eigenvalue weighted by molar-refractivity contribution is 5.92. The molecule has 0 fully saturated rings. The molecular weight excluding hydrogens is 308 g/mol. The van der Waals surface area contributed by atoms with Crippen LogP contribution in [0.5, 0.6) is 5.75 Å². The maximum absolute atomic E-state index is 12.3. The lowest BCUT2D eigenvalue weighted by molar-refractivity contribution is -0.116. The third-order valence-electron chi connectivity index (χ3n) is 3.70. The van der Waals surface area contributed by atoms with Crippen molar-refractivity contribution >= 4 is 11.6 Å². The van der Waals surface area contributed by atoms with Gasteiger partial charge in [-0.15, -0.1) is 10.2 Å². The molecule has 0 aliphatic carbocycles. The smallest absolute Gasteiger partial charge is 0.224 e. The number of nitrogens with zero attached hydrogens (tertiary/aromatic N) is 5. The molecule has 0 unspecified atom stereocenters. The first-order valence-electron chi connectivity index (χ1n) is 7.47. The summed E-state index contributed by atoms with van der Waals surface area (Å²) in [4.78, 5) is 12.3. The quantitative estimate of drug-likeness (QED) is 0.743. The SMILES string of the molecule is COc1ccc(-n2cnnc2)cc1NC(=O)CCc1ccnn1C. The van der Waals surface area contributed by atoms with E-state index >= 15 is 0 Å². The van der Waals surface area contributed by atoms with Crippen molar-refractivity contribution in [2.24, 2.45) is 7.05 Å². The summed E-state index contributed by atoms with van der Waals surface area (Å²) in [6.07, 6.45) is 5.89. The summed E-state index contributed by atoms with van der Waals surface area (Å²) < 4.78 is 8.84. The van der Waals surface area contributed by atoms with Gasteiger partial charge in [0.25, 0.3) is 0 Å². The number of amides is 1. The number of rotatable bonds is 6. The fourth-order valence-electron chi connectivity index (χ4n) is 2.39. The molecule has 1 amide bonds. The van der Waals surface area contributed by atoms with Gasteiger partial charge in [-0.05, 0) is 30.7 Å². The summed E-state index contributed by atoms with van der Waals surface area (Å²) in [6.45, 7) is 0. The van der Waals surface area contributed by atoms with Crippen LogP contribution in [0.3, 0.4) is 0 Å². The fourth-order valence-corrected chi connectivity index (χ4v) is 2.39. The van der Waals surface area contributed by atoms with Gasteiger partial charge in [0.1, 0.15) is 18.4 Å². The summed E-state index contributed by atoms with van der Waals surface area (Å²) >= 11 is 0. The Hall–Kier alpha value is -3.16. The number of hydrogen-bond donors (Lipinski definition) is 1. The maximum atomic E-state index is 12.3. The van der Waals surface area contributed by atoms with Gasteiger partial charge in [0.15, 0.2) is 0 Å². The summed E-state index contributed by atoms with van der Waals surface area (Å²) in [6, 6.07) is 7.39. The van der Waals surface area contributed by atoms with Crippen LogP contribution < -0.4 is 10.1 Å². The molecule has 0 aliphatic rings. The zero-order chi connectivity index (χ0) is 16.9. The van der Waals surface area contributed by atoms with Crippen LogP contribution in [0.1, 0.15) is 12.1 Å². The minimum atomic E-state index is -0.0876. The number of hydrogen-bond acceptors (Lipinski definition) is 5. The van der Waals surface area contributed by atoms with E-state index in [0.717, 1.165) is 11.4 Å². The lowest BCUT2D eigenvalue weighted by atomic mass is 10.2. The highest BCUT2D eigenvalue weighted by Gasteiger charge is 2.10. The van der Waals surface area contributed by atoms with Gasteiger partial charge in [0.2, 0.25) is 5.91 Å². The predicted octanol–water partition coefficient (Wildman–Crippen LogP) is 1.58. The molecule has 2 aromatic heterocycles. The molecule has 0 aliphatic heterocycles. The highest BCUT2D eigenvalue weighted by Crippen LogP contribution is 2.27. The van der Waals surface area contributed by atoms with Gasteiger partial charge in [-0.1, -0.05) is 0 Å². The van der Waals surface area contributed by atoms with Crippen molar-refractivity contribution in [2.45, 2.75) is 12.8 Å². The number of carbonyl (C=O) groups excluding carboxylic acids is 1. The molecule has 0 spiro atoms. The number of benzene rings is 1. The third kappa shape index (κ3) is 3.43. The van der Waals surface area contributed by atoms with Crippen molar-refractivity contribution < 1.29 is 9.53 Å². The first-order chi connectivity index (χ1) is 11.7. The van der Waals surface area contributed by atoms with E-state index in [-0.39, 0.29) is 5.91 Å². The topological polar surface area (TPSA) is 86.9 Å². The van der Waals surface area contributed by atoms with Crippen LogP contribution in [0.4, 0.5) is 5.69 Å². The van der Waals surface area contributed by atoms with Gasteiger partial charge in [-0.25, -0.2) is 0 Å². The van der Waals surface area contributed by atoms with Crippen molar-refractivity contribution in [1.29, 1.82) is 0 Å². The van der Waals surface area contributed by atoms with E-state index in [1.54, 1.807) is 41.3 Å². The number of nitrogens with one attached hydrogen (secondary N) is 1. The second-order valence-corrected chi connectivity index (χ2v) is 5.25. The van der Waals surface area contributed by atoms with Gasteiger partial charge in [0, 0.05) is 25.4 Å². The second kappa shape index (κ2) is 6.95. The molecule has 8 heteroatoms. The van der Waals surface area contributed by atoms with E-state index in [2.05, 4.69) is 20.6 Å². The molecule has 3 aromatic rings. The predicted molar refractivity (Wildman–Crippen MR) is 88.1 cm³/mol. The van der Waals surface area contributed by atoms with Crippen molar-refractivity contribution in [3.63, 3.8) is 0 Å². The van der Waals surface area contributed by atoms with Crippen molar-refractivity contribution in [2.75, 3.05) is 12.4 Å². The molecule has 124 valence electrons. The standard InChI is InChI=1S/C16H18N6O2/c1-21-12(7-8-19-21)4-6-16(23)20-14-9-13(3-5-15(14)24-2)22-10-17-18-11-22/h3,5,7-11H,4,6H2,1-2H3,(H,20,23). The first-order valence-corrected chi connectivity index (χ1v) is 7.47. The average Bonchev–Trinajstić information content (AvgIpc) is 3.24. The van der Waals surface area contributed by atoms with E-state index < -0.39 is 0 Å². The Balaban J connectivity index is 1.72. The molecule has 24 heavy (non-hydrogen) atoms. The number of aryl methyl sites for hydroxylation is 2. The molecule has 2 heterocycles. The molecule has 3 rings (SSSR count). The maximum Gasteiger partial charge on any atom is 0.224 e. The Morgan fingerprint density at radius 3 is 2.71 bits per heavy atom. The number of methoxy groups -OCH3 is 1. The summed E-state index contributed by atoms with van der Waals surface area (Å²) in [5.74, 6) is 0.510. The van der Waals surface area contributed by atoms with Crippen LogP contribution in [0.15, 0.2) is 43.1 Å².